The van der Waals surface area contributed by atoms with Crippen molar-refractivity contribution in [1.29, 1.82) is 0 Å². The van der Waals surface area contributed by atoms with Crippen LogP contribution in [0.25, 0.3) is 0 Å². The molecule has 1 heterocycles. The van der Waals surface area contributed by atoms with Crippen LogP contribution in [0.2, 0.25) is 0 Å². The first-order chi connectivity index (χ1) is 7.56. The van der Waals surface area contributed by atoms with Gasteiger partial charge in [0.15, 0.2) is 0 Å². The maximum Gasteiger partial charge on any atom is 0.148 e. The van der Waals surface area contributed by atoms with Crippen molar-refractivity contribution in [3.63, 3.8) is 0 Å². The molecule has 6 heteroatoms. The molecule has 5 nitrogen and oxygen atoms in total. The molecule has 16 heavy (non-hydrogen) atoms. The number of hydrogen-bond acceptors (Lipinski definition) is 5. The van der Waals surface area contributed by atoms with Crippen molar-refractivity contribution >= 4 is 27.6 Å². The molecule has 0 unspecified atom stereocenters. The molecular formula is C10H18BrN5. The van der Waals surface area contributed by atoms with Crippen LogP contribution in [0.5, 0.6) is 0 Å². The van der Waals surface area contributed by atoms with Crippen LogP contribution in [0.4, 0.5) is 11.6 Å². The van der Waals surface area contributed by atoms with Gasteiger partial charge in [-0.25, -0.2) is 9.97 Å². The van der Waals surface area contributed by atoms with Gasteiger partial charge in [-0.15, -0.1) is 0 Å². The van der Waals surface area contributed by atoms with E-state index >= 15 is 0 Å². The van der Waals surface area contributed by atoms with E-state index in [0.29, 0.717) is 0 Å². The molecule has 0 aliphatic rings. The molecule has 0 saturated heterocycles. The van der Waals surface area contributed by atoms with Crippen LogP contribution in [0.15, 0.2) is 10.8 Å². The molecule has 1 rings (SSSR count). The fourth-order valence-electron chi connectivity index (χ4n) is 1.26. The van der Waals surface area contributed by atoms with E-state index in [0.717, 1.165) is 29.2 Å². The Bertz CT molecular complexity index is 342. The number of hydrogen-bond donors (Lipinski definition) is 1. The van der Waals surface area contributed by atoms with Crippen molar-refractivity contribution in [2.75, 3.05) is 51.5 Å². The Hall–Kier alpha value is -0.880. The molecule has 0 radical (unpaired) electrons. The average Bonchev–Trinajstić information content (AvgIpc) is 2.26. The largest absolute Gasteiger partial charge is 0.372 e. The summed E-state index contributed by atoms with van der Waals surface area (Å²) in [5, 5.41) is 3.02. The lowest BCUT2D eigenvalue weighted by Crippen LogP contribution is -2.29. The third-order valence-corrected chi connectivity index (χ3v) is 2.98. The highest BCUT2D eigenvalue weighted by molar-refractivity contribution is 9.10. The second kappa shape index (κ2) is 6.00. The quantitative estimate of drug-likeness (QED) is 0.884. The lowest BCUT2D eigenvalue weighted by molar-refractivity contribution is 0.416. The van der Waals surface area contributed by atoms with Gasteiger partial charge in [-0.3, -0.25) is 0 Å². The summed E-state index contributed by atoms with van der Waals surface area (Å²) in [4.78, 5) is 12.7. The summed E-state index contributed by atoms with van der Waals surface area (Å²) in [5.74, 6) is 1.71. The van der Waals surface area contributed by atoms with Gasteiger partial charge in [0.05, 0.1) is 0 Å². The molecule has 0 amide bonds. The monoisotopic (exact) mass is 287 g/mol. The average molecular weight is 288 g/mol. The zero-order valence-corrected chi connectivity index (χ0v) is 11.7. The van der Waals surface area contributed by atoms with Crippen LogP contribution in [-0.2, 0) is 0 Å². The molecule has 0 aromatic carbocycles. The van der Waals surface area contributed by atoms with Crippen molar-refractivity contribution in [2.24, 2.45) is 0 Å². The Morgan fingerprint density at radius 2 is 1.94 bits per heavy atom. The third kappa shape index (κ3) is 3.31. The lowest BCUT2D eigenvalue weighted by atomic mass is 10.4. The van der Waals surface area contributed by atoms with E-state index in [4.69, 9.17) is 0 Å². The van der Waals surface area contributed by atoms with Gasteiger partial charge in [0.2, 0.25) is 0 Å². The van der Waals surface area contributed by atoms with E-state index < -0.39 is 0 Å². The third-order valence-electron chi connectivity index (χ3n) is 2.25. The van der Waals surface area contributed by atoms with Gasteiger partial charge in [0.25, 0.3) is 0 Å². The number of aromatic nitrogens is 2. The maximum atomic E-state index is 4.27. The lowest BCUT2D eigenvalue weighted by Gasteiger charge is -2.22. The minimum absolute atomic E-state index is 0.807. The van der Waals surface area contributed by atoms with E-state index in [2.05, 4.69) is 55.1 Å². The Balaban J connectivity index is 2.78. The van der Waals surface area contributed by atoms with Crippen LogP contribution >= 0.6 is 15.9 Å². The fourth-order valence-corrected chi connectivity index (χ4v) is 1.96. The second-order valence-corrected chi connectivity index (χ2v) is 4.63. The predicted octanol–water partition coefficient (Wildman–Crippen LogP) is 1.28. The van der Waals surface area contributed by atoms with E-state index in [-0.39, 0.29) is 0 Å². The molecule has 1 aromatic heterocycles. The Morgan fingerprint density at radius 1 is 1.25 bits per heavy atom. The number of rotatable bonds is 5. The van der Waals surface area contributed by atoms with Crippen molar-refractivity contribution in [2.45, 2.75) is 0 Å². The first kappa shape index (κ1) is 13.2. The number of anilines is 2. The zero-order valence-electron chi connectivity index (χ0n) is 10.2. The molecule has 90 valence electrons. The molecule has 1 N–H and O–H groups in total. The van der Waals surface area contributed by atoms with E-state index in [9.17, 15) is 0 Å². The summed E-state index contributed by atoms with van der Waals surface area (Å²) >= 11 is 3.51. The minimum Gasteiger partial charge on any atom is -0.372 e. The van der Waals surface area contributed by atoms with Crippen molar-refractivity contribution in [3.05, 3.63) is 10.8 Å². The zero-order chi connectivity index (χ0) is 12.1. The first-order valence-electron chi connectivity index (χ1n) is 5.10. The molecule has 0 fully saturated rings. The second-order valence-electron chi connectivity index (χ2n) is 3.83. The minimum atomic E-state index is 0.807. The molecule has 0 atom stereocenters. The van der Waals surface area contributed by atoms with Crippen LogP contribution < -0.4 is 10.2 Å². The summed E-state index contributed by atoms with van der Waals surface area (Å²) in [6.07, 6.45) is 1.57. The number of nitrogens with zero attached hydrogens (tertiary/aromatic N) is 4. The van der Waals surface area contributed by atoms with Gasteiger partial charge in [-0.2, -0.15) is 0 Å². The molecule has 0 aliphatic carbocycles. The van der Waals surface area contributed by atoms with E-state index in [1.54, 1.807) is 6.33 Å². The van der Waals surface area contributed by atoms with E-state index in [1.807, 2.05) is 14.1 Å². The predicted molar refractivity (Wildman–Crippen MR) is 71.1 cm³/mol. The van der Waals surface area contributed by atoms with Gasteiger partial charge in [-0.1, -0.05) is 0 Å². The van der Waals surface area contributed by atoms with Crippen LogP contribution in [0.1, 0.15) is 0 Å². The van der Waals surface area contributed by atoms with Gasteiger partial charge in [0, 0.05) is 27.2 Å². The Kier molecular flexibility index (Phi) is 4.95. The van der Waals surface area contributed by atoms with Gasteiger partial charge < -0.3 is 15.1 Å². The fraction of sp³-hybridized carbons (Fsp3) is 0.600. The van der Waals surface area contributed by atoms with Crippen molar-refractivity contribution in [3.8, 4) is 0 Å². The molecule has 0 spiro atoms. The summed E-state index contributed by atoms with van der Waals surface area (Å²) in [6.45, 7) is 1.91. The highest BCUT2D eigenvalue weighted by Gasteiger charge is 2.11. The standard InChI is InChI=1S/C10H18BrN5/c1-12-9-8(11)10(14-7-13-9)16(4)6-5-15(2)3/h7H,5-6H2,1-4H3,(H,12,13,14). The van der Waals surface area contributed by atoms with Crippen LogP contribution in [-0.4, -0.2) is 56.1 Å². The number of halogens is 1. The smallest absolute Gasteiger partial charge is 0.148 e. The molecule has 1 aromatic rings. The first-order valence-corrected chi connectivity index (χ1v) is 5.89. The Labute approximate surface area is 105 Å². The molecule has 0 bridgehead atoms. The number of likely N-dealkylation sites (N-methyl/N-ethyl adjacent to an activating group) is 2. The van der Waals surface area contributed by atoms with Crippen molar-refractivity contribution in [1.82, 2.24) is 14.9 Å². The SMILES string of the molecule is CNc1ncnc(N(C)CCN(C)C)c1Br. The highest BCUT2D eigenvalue weighted by atomic mass is 79.9. The molecule has 0 saturated carbocycles. The van der Waals surface area contributed by atoms with Crippen LogP contribution in [0.3, 0.4) is 0 Å². The molecule has 0 aliphatic heterocycles. The number of nitrogens with one attached hydrogen (secondary N) is 1. The Morgan fingerprint density at radius 3 is 2.50 bits per heavy atom. The van der Waals surface area contributed by atoms with Crippen molar-refractivity contribution < 1.29 is 0 Å². The van der Waals surface area contributed by atoms with Crippen LogP contribution in [0, 0.1) is 0 Å². The molecular weight excluding hydrogens is 270 g/mol. The highest BCUT2D eigenvalue weighted by Crippen LogP contribution is 2.28. The maximum absolute atomic E-state index is 4.27. The summed E-state index contributed by atoms with van der Waals surface area (Å²) in [7, 11) is 7.98. The topological polar surface area (TPSA) is 44.3 Å². The summed E-state index contributed by atoms with van der Waals surface area (Å²) < 4.78 is 0.902. The van der Waals surface area contributed by atoms with Gasteiger partial charge in [-0.05, 0) is 30.0 Å². The summed E-state index contributed by atoms with van der Waals surface area (Å²) in [5.41, 5.74) is 0. The van der Waals surface area contributed by atoms with Gasteiger partial charge in [0.1, 0.15) is 22.4 Å². The summed E-state index contributed by atoms with van der Waals surface area (Å²) in [6, 6.07) is 0. The normalized spacial score (nSPS) is 10.6. The van der Waals surface area contributed by atoms with E-state index in [1.165, 1.54) is 0 Å². The van der Waals surface area contributed by atoms with Gasteiger partial charge >= 0.3 is 0 Å².